The number of hydrogen-bond acceptors (Lipinski definition) is 0. The van der Waals surface area contributed by atoms with Gasteiger partial charge in [0.25, 0.3) is 0 Å². The van der Waals surface area contributed by atoms with Crippen LogP contribution in [0.2, 0.25) is 0 Å². The van der Waals surface area contributed by atoms with E-state index in [0.29, 0.717) is 5.92 Å². The van der Waals surface area contributed by atoms with E-state index >= 15 is 0 Å². The first-order valence-corrected chi connectivity index (χ1v) is 7.70. The molecule has 0 fully saturated rings. The molecule has 0 saturated heterocycles. The van der Waals surface area contributed by atoms with E-state index in [0.717, 1.165) is 6.42 Å². The Hall–Kier alpha value is -2.08. The van der Waals surface area contributed by atoms with Gasteiger partial charge in [0.05, 0.1) is 0 Å². The van der Waals surface area contributed by atoms with Gasteiger partial charge in [0.2, 0.25) is 0 Å². The van der Waals surface area contributed by atoms with Gasteiger partial charge in [-0.05, 0) is 66.0 Å². The number of allylic oxidation sites excluding steroid dienone is 8. The Bertz CT molecular complexity index is 693. The van der Waals surface area contributed by atoms with E-state index in [1.807, 2.05) is 0 Å². The van der Waals surface area contributed by atoms with E-state index in [4.69, 9.17) is 0 Å². The van der Waals surface area contributed by atoms with Crippen LogP contribution in [0.5, 0.6) is 0 Å². The summed E-state index contributed by atoms with van der Waals surface area (Å²) < 4.78 is 0. The first kappa shape index (κ1) is 13.9. The molecule has 2 aliphatic rings. The van der Waals surface area contributed by atoms with Gasteiger partial charge in [0.1, 0.15) is 0 Å². The normalized spacial score (nSPS) is 20.9. The molecular formula is C21H22. The summed E-state index contributed by atoms with van der Waals surface area (Å²) in [6.07, 6.45) is 13.5. The number of benzene rings is 1. The van der Waals surface area contributed by atoms with Crippen LogP contribution >= 0.6 is 0 Å². The molecule has 0 heterocycles. The Morgan fingerprint density at radius 1 is 1.29 bits per heavy atom. The fourth-order valence-electron chi connectivity index (χ4n) is 3.35. The first-order chi connectivity index (χ1) is 10.2. The minimum atomic E-state index is 0.597. The third kappa shape index (κ3) is 2.58. The van der Waals surface area contributed by atoms with Gasteiger partial charge in [-0.2, -0.15) is 0 Å². The van der Waals surface area contributed by atoms with Gasteiger partial charge in [0, 0.05) is 0 Å². The molecule has 1 aromatic carbocycles. The van der Waals surface area contributed by atoms with Crippen molar-refractivity contribution in [3.05, 3.63) is 83.0 Å². The largest absolute Gasteiger partial charge is 0.0908 e. The third-order valence-electron chi connectivity index (χ3n) is 4.50. The van der Waals surface area contributed by atoms with Crippen molar-refractivity contribution in [3.63, 3.8) is 0 Å². The highest BCUT2D eigenvalue weighted by atomic mass is 14.3. The first-order valence-electron chi connectivity index (χ1n) is 7.70. The summed E-state index contributed by atoms with van der Waals surface area (Å²) in [6, 6.07) is 8.55. The molecule has 0 radical (unpaired) electrons. The summed E-state index contributed by atoms with van der Waals surface area (Å²) in [5.41, 5.74) is 7.99. The maximum absolute atomic E-state index is 4.42. The van der Waals surface area contributed by atoms with Gasteiger partial charge in [-0.15, -0.1) is 0 Å². The smallest absolute Gasteiger partial charge is 0.00807 e. The van der Waals surface area contributed by atoms with Crippen LogP contribution in [0, 0.1) is 5.92 Å². The van der Waals surface area contributed by atoms with Gasteiger partial charge in [-0.1, -0.05) is 61.2 Å². The lowest BCUT2D eigenvalue weighted by Gasteiger charge is -2.30. The molecular weight excluding hydrogens is 252 g/mol. The summed E-state index contributed by atoms with van der Waals surface area (Å²) >= 11 is 0. The van der Waals surface area contributed by atoms with Crippen molar-refractivity contribution in [2.45, 2.75) is 26.7 Å². The second kappa shape index (κ2) is 5.73. The average Bonchev–Trinajstić information content (AvgIpc) is 2.52. The molecule has 1 unspecified atom stereocenters. The Kier molecular flexibility index (Phi) is 3.79. The highest BCUT2D eigenvalue weighted by Crippen LogP contribution is 2.41. The zero-order valence-corrected chi connectivity index (χ0v) is 12.9. The standard InChI is InChI=1S/C21H22/c1-4-8-17-9-5-6-12-20(17)16(3)21-13-15(2)18-10-7-11-19(21)14-18/h4-10,12-13,19H,3,11,14H2,1-2H3/b8-4-. The highest BCUT2D eigenvalue weighted by molar-refractivity contribution is 5.84. The van der Waals surface area contributed by atoms with E-state index in [9.17, 15) is 0 Å². The van der Waals surface area contributed by atoms with Crippen LogP contribution in [-0.4, -0.2) is 0 Å². The van der Waals surface area contributed by atoms with Crippen molar-refractivity contribution in [3.8, 4) is 0 Å². The lowest BCUT2D eigenvalue weighted by Crippen LogP contribution is -2.14. The van der Waals surface area contributed by atoms with E-state index < -0.39 is 0 Å². The summed E-state index contributed by atoms with van der Waals surface area (Å²) in [4.78, 5) is 0. The zero-order chi connectivity index (χ0) is 14.8. The van der Waals surface area contributed by atoms with Crippen LogP contribution in [-0.2, 0) is 0 Å². The number of hydrogen-bond donors (Lipinski definition) is 0. The van der Waals surface area contributed by atoms with Crippen LogP contribution in [0.15, 0.2) is 71.9 Å². The van der Waals surface area contributed by atoms with Gasteiger partial charge in [-0.3, -0.25) is 0 Å². The Morgan fingerprint density at radius 3 is 2.90 bits per heavy atom. The van der Waals surface area contributed by atoms with E-state index in [-0.39, 0.29) is 0 Å². The van der Waals surface area contributed by atoms with Crippen molar-refractivity contribution >= 4 is 11.6 Å². The number of fused-ring (bicyclic) bond motifs is 2. The van der Waals surface area contributed by atoms with Crippen LogP contribution in [0.3, 0.4) is 0 Å². The molecule has 2 bridgehead atoms. The molecule has 1 atom stereocenters. The second-order valence-corrected chi connectivity index (χ2v) is 5.91. The van der Waals surface area contributed by atoms with Crippen LogP contribution in [0.4, 0.5) is 0 Å². The molecule has 1 aromatic rings. The number of rotatable bonds is 3. The highest BCUT2D eigenvalue weighted by Gasteiger charge is 2.25. The van der Waals surface area contributed by atoms with E-state index in [1.54, 1.807) is 0 Å². The summed E-state index contributed by atoms with van der Waals surface area (Å²) in [6.45, 7) is 8.70. The van der Waals surface area contributed by atoms with Crippen molar-refractivity contribution in [1.29, 1.82) is 0 Å². The lowest BCUT2D eigenvalue weighted by atomic mass is 9.74. The fourth-order valence-corrected chi connectivity index (χ4v) is 3.35. The van der Waals surface area contributed by atoms with Crippen molar-refractivity contribution in [1.82, 2.24) is 0 Å². The van der Waals surface area contributed by atoms with Crippen LogP contribution < -0.4 is 0 Å². The van der Waals surface area contributed by atoms with Gasteiger partial charge < -0.3 is 0 Å². The third-order valence-corrected chi connectivity index (χ3v) is 4.50. The average molecular weight is 274 g/mol. The minimum Gasteiger partial charge on any atom is -0.0908 e. The van der Waals surface area contributed by atoms with Crippen molar-refractivity contribution in [2.75, 3.05) is 0 Å². The summed E-state index contributed by atoms with van der Waals surface area (Å²) in [5, 5.41) is 0. The quantitative estimate of drug-likeness (QED) is 0.638. The predicted molar refractivity (Wildman–Crippen MR) is 92.8 cm³/mol. The molecule has 0 heteroatoms. The zero-order valence-electron chi connectivity index (χ0n) is 12.9. The Balaban J connectivity index is 2.02. The van der Waals surface area contributed by atoms with E-state index in [2.05, 4.69) is 75.1 Å². The minimum absolute atomic E-state index is 0.597. The van der Waals surface area contributed by atoms with E-state index in [1.165, 1.54) is 39.8 Å². The molecule has 0 aliphatic heterocycles. The topological polar surface area (TPSA) is 0 Å². The van der Waals surface area contributed by atoms with Gasteiger partial charge in [0.15, 0.2) is 0 Å². The summed E-state index contributed by atoms with van der Waals surface area (Å²) in [5.74, 6) is 0.597. The van der Waals surface area contributed by atoms with Gasteiger partial charge in [-0.25, -0.2) is 0 Å². The molecule has 0 nitrogen and oxygen atoms in total. The molecule has 106 valence electrons. The predicted octanol–water partition coefficient (Wildman–Crippen LogP) is 5.96. The molecule has 0 N–H and O–H groups in total. The molecule has 0 amide bonds. The molecule has 0 spiro atoms. The summed E-state index contributed by atoms with van der Waals surface area (Å²) in [7, 11) is 0. The van der Waals surface area contributed by atoms with Gasteiger partial charge >= 0.3 is 0 Å². The SMILES string of the molecule is C=C(C1=CC(C)=C2C=CCC1C2)c1ccccc1/C=C\C. The van der Waals surface area contributed by atoms with Crippen LogP contribution in [0.25, 0.3) is 11.6 Å². The van der Waals surface area contributed by atoms with Crippen molar-refractivity contribution in [2.24, 2.45) is 5.92 Å². The monoisotopic (exact) mass is 274 g/mol. The fraction of sp³-hybridized carbons (Fsp3) is 0.238. The molecule has 2 aliphatic carbocycles. The molecule has 0 aromatic heterocycles. The van der Waals surface area contributed by atoms with Crippen molar-refractivity contribution < 1.29 is 0 Å². The maximum Gasteiger partial charge on any atom is -0.00807 e. The molecule has 3 rings (SSSR count). The maximum atomic E-state index is 4.42. The van der Waals surface area contributed by atoms with Crippen LogP contribution in [0.1, 0.15) is 37.8 Å². The molecule has 21 heavy (non-hydrogen) atoms. The molecule has 0 saturated carbocycles. The lowest BCUT2D eigenvalue weighted by molar-refractivity contribution is 0.611. The Morgan fingerprint density at radius 2 is 2.10 bits per heavy atom. The second-order valence-electron chi connectivity index (χ2n) is 5.91. The Labute approximate surface area is 127 Å².